The van der Waals surface area contributed by atoms with Gasteiger partial charge in [0, 0.05) is 34.7 Å². The van der Waals surface area contributed by atoms with Crippen LogP contribution in [0.1, 0.15) is 54.1 Å². The molecule has 0 saturated carbocycles. The molecule has 0 bridgehead atoms. The number of aliphatic imine (C=N–C) groups is 1. The zero-order valence-corrected chi connectivity index (χ0v) is 18.2. The number of ether oxygens (including phenoxy) is 2. The number of rotatable bonds is 3. The van der Waals surface area contributed by atoms with Gasteiger partial charge in [0.15, 0.2) is 23.1 Å². The number of fused-ring (bicyclic) bond motifs is 3. The Kier molecular flexibility index (Phi) is 4.40. The Morgan fingerprint density at radius 3 is 2.32 bits per heavy atom. The Morgan fingerprint density at radius 1 is 0.903 bits per heavy atom. The Hall–Kier alpha value is -3.21. The predicted octanol–water partition coefficient (Wildman–Crippen LogP) is 4.75. The Bertz CT molecular complexity index is 1190. The molecule has 0 aromatic heterocycles. The largest absolute Gasteiger partial charge is 0.493 e. The van der Waals surface area contributed by atoms with Crippen molar-refractivity contribution in [1.82, 2.24) is 0 Å². The SMILES string of the molecule is COc1ccc([C@@H]2C3=C(CC(C)(C)CC3=O)N=C3c4ccccc4C(=O)[C@@H]32)cc1OC. The molecule has 158 valence electrons. The van der Waals surface area contributed by atoms with Gasteiger partial charge in [0.2, 0.25) is 0 Å². The summed E-state index contributed by atoms with van der Waals surface area (Å²) < 4.78 is 10.9. The maximum atomic E-state index is 13.5. The van der Waals surface area contributed by atoms with Gasteiger partial charge in [-0.1, -0.05) is 44.2 Å². The van der Waals surface area contributed by atoms with Crippen LogP contribution in [-0.2, 0) is 4.79 Å². The first kappa shape index (κ1) is 19.7. The molecule has 0 spiro atoms. The van der Waals surface area contributed by atoms with E-state index in [1.807, 2.05) is 42.5 Å². The average molecular weight is 415 g/mol. The highest BCUT2D eigenvalue weighted by Crippen LogP contribution is 2.51. The van der Waals surface area contributed by atoms with Crippen LogP contribution in [0.5, 0.6) is 11.5 Å². The molecular formula is C26H25NO4. The monoisotopic (exact) mass is 415 g/mol. The number of hydrogen-bond acceptors (Lipinski definition) is 5. The number of hydrogen-bond donors (Lipinski definition) is 0. The number of ketones is 2. The lowest BCUT2D eigenvalue weighted by atomic mass is 9.66. The van der Waals surface area contributed by atoms with Crippen LogP contribution in [0.15, 0.2) is 58.7 Å². The van der Waals surface area contributed by atoms with Crippen LogP contribution in [-0.4, -0.2) is 31.5 Å². The second-order valence-electron chi connectivity index (χ2n) is 9.28. The first-order valence-electron chi connectivity index (χ1n) is 10.5. The summed E-state index contributed by atoms with van der Waals surface area (Å²) >= 11 is 0. The van der Waals surface area contributed by atoms with Gasteiger partial charge < -0.3 is 9.47 Å². The number of carbonyl (C=O) groups excluding carboxylic acids is 2. The first-order chi connectivity index (χ1) is 14.8. The molecule has 1 aliphatic heterocycles. The third kappa shape index (κ3) is 2.94. The number of methoxy groups -OCH3 is 2. The molecule has 0 radical (unpaired) electrons. The molecule has 0 fully saturated rings. The summed E-state index contributed by atoms with van der Waals surface area (Å²) in [6, 6.07) is 13.3. The fraction of sp³-hybridized carbons (Fsp3) is 0.346. The van der Waals surface area contributed by atoms with Crippen molar-refractivity contribution in [3.63, 3.8) is 0 Å². The zero-order chi connectivity index (χ0) is 21.9. The van der Waals surface area contributed by atoms with Crippen LogP contribution >= 0.6 is 0 Å². The van der Waals surface area contributed by atoms with Gasteiger partial charge in [0.1, 0.15) is 0 Å². The molecule has 31 heavy (non-hydrogen) atoms. The van der Waals surface area contributed by atoms with Crippen molar-refractivity contribution in [2.24, 2.45) is 16.3 Å². The lowest BCUT2D eigenvalue weighted by Crippen LogP contribution is -2.37. The van der Waals surface area contributed by atoms with Crippen LogP contribution in [0.3, 0.4) is 0 Å². The summed E-state index contributed by atoms with van der Waals surface area (Å²) in [4.78, 5) is 31.9. The van der Waals surface area contributed by atoms with Crippen molar-refractivity contribution < 1.29 is 19.1 Å². The predicted molar refractivity (Wildman–Crippen MR) is 118 cm³/mol. The van der Waals surface area contributed by atoms with Crippen LogP contribution in [0.2, 0.25) is 0 Å². The second kappa shape index (κ2) is 6.91. The fourth-order valence-corrected chi connectivity index (χ4v) is 5.29. The van der Waals surface area contributed by atoms with Crippen molar-refractivity contribution >= 4 is 17.3 Å². The molecule has 0 unspecified atom stereocenters. The zero-order valence-electron chi connectivity index (χ0n) is 18.2. The number of carbonyl (C=O) groups is 2. The van der Waals surface area contributed by atoms with E-state index in [1.165, 1.54) is 0 Å². The second-order valence-corrected chi connectivity index (χ2v) is 9.28. The molecule has 1 heterocycles. The minimum absolute atomic E-state index is 0.0262. The normalized spacial score (nSPS) is 23.7. The van der Waals surface area contributed by atoms with Crippen LogP contribution in [0.25, 0.3) is 0 Å². The van der Waals surface area contributed by atoms with E-state index in [1.54, 1.807) is 14.2 Å². The average Bonchev–Trinajstić information content (AvgIpc) is 3.03. The summed E-state index contributed by atoms with van der Waals surface area (Å²) in [7, 11) is 3.18. The van der Waals surface area contributed by atoms with Gasteiger partial charge in [-0.25, -0.2) is 0 Å². The van der Waals surface area contributed by atoms with Crippen molar-refractivity contribution in [2.75, 3.05) is 14.2 Å². The van der Waals surface area contributed by atoms with E-state index >= 15 is 0 Å². The molecule has 2 aromatic rings. The number of allylic oxidation sites excluding steroid dienone is 2. The number of nitrogens with zero attached hydrogens (tertiary/aromatic N) is 1. The smallest absolute Gasteiger partial charge is 0.173 e. The standard InChI is InChI=1S/C26H25NO4/c1-26(2)12-17-22(18(28)13-26)21(14-9-10-19(30-3)20(11-14)31-4)23-24(27-17)15-7-5-6-8-16(15)25(23)29/h5-11,21,23H,12-13H2,1-4H3/t21-,23-/m1/s1. The van der Waals surface area contributed by atoms with E-state index < -0.39 is 5.92 Å². The summed E-state index contributed by atoms with van der Waals surface area (Å²) in [6.45, 7) is 4.19. The maximum absolute atomic E-state index is 13.5. The van der Waals surface area contributed by atoms with Crippen molar-refractivity contribution in [2.45, 2.75) is 32.6 Å². The summed E-state index contributed by atoms with van der Waals surface area (Å²) in [6.07, 6.45) is 1.17. The molecule has 3 aliphatic rings. The van der Waals surface area contributed by atoms with Gasteiger partial charge in [0.05, 0.1) is 25.8 Å². The molecular weight excluding hydrogens is 390 g/mol. The lowest BCUT2D eigenvalue weighted by molar-refractivity contribution is -0.118. The Labute approximate surface area is 181 Å². The van der Waals surface area contributed by atoms with Gasteiger partial charge in [-0.15, -0.1) is 0 Å². The van der Waals surface area contributed by atoms with Gasteiger partial charge in [0.25, 0.3) is 0 Å². The molecule has 2 aliphatic carbocycles. The topological polar surface area (TPSA) is 65.0 Å². The molecule has 2 aromatic carbocycles. The molecule has 5 heteroatoms. The fourth-order valence-electron chi connectivity index (χ4n) is 5.29. The van der Waals surface area contributed by atoms with E-state index in [9.17, 15) is 9.59 Å². The lowest BCUT2D eigenvalue weighted by Gasteiger charge is -2.38. The van der Waals surface area contributed by atoms with Gasteiger partial charge in [-0.05, 0) is 29.5 Å². The summed E-state index contributed by atoms with van der Waals surface area (Å²) in [5, 5.41) is 0. The minimum atomic E-state index is -0.501. The highest BCUT2D eigenvalue weighted by molar-refractivity contribution is 6.30. The van der Waals surface area contributed by atoms with E-state index in [0.29, 0.717) is 35.5 Å². The van der Waals surface area contributed by atoms with Crippen LogP contribution < -0.4 is 9.47 Å². The van der Waals surface area contributed by atoms with Crippen LogP contribution in [0, 0.1) is 11.3 Å². The maximum Gasteiger partial charge on any atom is 0.173 e. The molecule has 0 amide bonds. The van der Waals surface area contributed by atoms with Gasteiger partial charge >= 0.3 is 0 Å². The van der Waals surface area contributed by atoms with Crippen molar-refractivity contribution in [3.8, 4) is 11.5 Å². The molecule has 5 nitrogen and oxygen atoms in total. The highest BCUT2D eigenvalue weighted by atomic mass is 16.5. The van der Waals surface area contributed by atoms with E-state index in [2.05, 4.69) is 13.8 Å². The Balaban J connectivity index is 1.75. The number of Topliss-reactive ketones (excluding diaryl/α,β-unsaturated/α-hetero) is 2. The van der Waals surface area contributed by atoms with E-state index in [-0.39, 0.29) is 22.9 Å². The van der Waals surface area contributed by atoms with Gasteiger partial charge in [-0.2, -0.15) is 0 Å². The number of benzene rings is 2. The molecule has 2 atom stereocenters. The third-order valence-corrected chi connectivity index (χ3v) is 6.61. The van der Waals surface area contributed by atoms with E-state index in [4.69, 9.17) is 14.5 Å². The molecule has 0 N–H and O–H groups in total. The van der Waals surface area contributed by atoms with Crippen molar-refractivity contribution in [1.29, 1.82) is 0 Å². The quantitative estimate of drug-likeness (QED) is 0.726. The summed E-state index contributed by atoms with van der Waals surface area (Å²) in [5.74, 6) is 0.418. The van der Waals surface area contributed by atoms with Crippen molar-refractivity contribution in [3.05, 3.63) is 70.4 Å². The van der Waals surface area contributed by atoms with Crippen LogP contribution in [0.4, 0.5) is 0 Å². The first-order valence-corrected chi connectivity index (χ1v) is 10.5. The Morgan fingerprint density at radius 2 is 1.61 bits per heavy atom. The minimum Gasteiger partial charge on any atom is -0.493 e. The highest BCUT2D eigenvalue weighted by Gasteiger charge is 2.50. The third-order valence-electron chi connectivity index (χ3n) is 6.61. The van der Waals surface area contributed by atoms with Gasteiger partial charge in [-0.3, -0.25) is 14.6 Å². The molecule has 0 saturated heterocycles. The van der Waals surface area contributed by atoms with E-state index in [0.717, 1.165) is 22.5 Å². The summed E-state index contributed by atoms with van der Waals surface area (Å²) in [5.41, 5.74) is 4.56. The molecule has 5 rings (SSSR count).